The third kappa shape index (κ3) is 4.41. The molecule has 1 aliphatic heterocycles. The van der Waals surface area contributed by atoms with Crippen LogP contribution in [0, 0.1) is 5.82 Å². The Labute approximate surface area is 176 Å². The van der Waals surface area contributed by atoms with Crippen LogP contribution in [0.3, 0.4) is 0 Å². The van der Waals surface area contributed by atoms with Gasteiger partial charge in [0, 0.05) is 18.5 Å². The molecule has 0 bridgehead atoms. The number of nitrogens with one attached hydrogen (secondary N) is 1. The normalized spacial score (nSPS) is 14.7. The summed E-state index contributed by atoms with van der Waals surface area (Å²) in [6.45, 7) is 0.695. The van der Waals surface area contributed by atoms with E-state index < -0.39 is 32.5 Å². The summed E-state index contributed by atoms with van der Waals surface area (Å²) in [6, 6.07) is 7.06. The van der Waals surface area contributed by atoms with E-state index in [2.05, 4.69) is 10.2 Å². The lowest BCUT2D eigenvalue weighted by atomic mass is 10.2. The van der Waals surface area contributed by atoms with Crippen molar-refractivity contribution in [2.24, 2.45) is 0 Å². The minimum absolute atomic E-state index is 0.388. The number of benzene rings is 2. The van der Waals surface area contributed by atoms with Crippen LogP contribution < -0.4 is 4.72 Å². The van der Waals surface area contributed by atoms with Gasteiger partial charge in [0.15, 0.2) is 5.82 Å². The summed E-state index contributed by atoms with van der Waals surface area (Å²) in [5, 5.41) is 8.34. The number of anilines is 1. The van der Waals surface area contributed by atoms with E-state index in [1.807, 2.05) is 9.29 Å². The number of aromatic nitrogens is 3. The second kappa shape index (κ2) is 7.95. The van der Waals surface area contributed by atoms with Gasteiger partial charge in [0.1, 0.15) is 11.6 Å². The van der Waals surface area contributed by atoms with Gasteiger partial charge < -0.3 is 4.57 Å². The molecule has 0 aliphatic carbocycles. The molecule has 0 radical (unpaired) electrons. The van der Waals surface area contributed by atoms with Crippen LogP contribution >= 0.6 is 0 Å². The summed E-state index contributed by atoms with van der Waals surface area (Å²) in [5.74, 6) is 0.425. The summed E-state index contributed by atoms with van der Waals surface area (Å²) in [4.78, 5) is -0.622. The van der Waals surface area contributed by atoms with Gasteiger partial charge in [0.2, 0.25) is 0 Å². The van der Waals surface area contributed by atoms with Gasteiger partial charge in [-0.2, -0.15) is 13.2 Å². The number of rotatable bonds is 4. The van der Waals surface area contributed by atoms with Gasteiger partial charge >= 0.3 is 6.18 Å². The van der Waals surface area contributed by atoms with Crippen molar-refractivity contribution in [1.29, 1.82) is 0 Å². The summed E-state index contributed by atoms with van der Waals surface area (Å²) in [6.07, 6.45) is -0.961. The van der Waals surface area contributed by atoms with Crippen LogP contribution in [0.25, 0.3) is 11.4 Å². The predicted octanol–water partition coefficient (Wildman–Crippen LogP) is 4.63. The molecular formula is C20H18F4N4O2S. The fraction of sp³-hybridized carbons (Fsp3) is 0.300. The number of sulfonamides is 1. The van der Waals surface area contributed by atoms with Crippen molar-refractivity contribution in [1.82, 2.24) is 14.8 Å². The van der Waals surface area contributed by atoms with Crippen LogP contribution in [0.1, 0.15) is 30.7 Å². The molecule has 2 aromatic carbocycles. The van der Waals surface area contributed by atoms with Crippen LogP contribution in [0.2, 0.25) is 0 Å². The van der Waals surface area contributed by atoms with E-state index >= 15 is 0 Å². The topological polar surface area (TPSA) is 76.9 Å². The van der Waals surface area contributed by atoms with Crippen molar-refractivity contribution in [2.75, 3.05) is 4.72 Å². The van der Waals surface area contributed by atoms with Gasteiger partial charge in [-0.3, -0.25) is 4.72 Å². The molecule has 0 amide bonds. The molecule has 11 heteroatoms. The quantitative estimate of drug-likeness (QED) is 0.583. The van der Waals surface area contributed by atoms with E-state index in [9.17, 15) is 26.0 Å². The molecule has 0 atom stereocenters. The summed E-state index contributed by atoms with van der Waals surface area (Å²) < 4.78 is 82.4. The fourth-order valence-corrected chi connectivity index (χ4v) is 4.59. The Bertz CT molecular complexity index is 1220. The molecule has 6 nitrogen and oxygen atoms in total. The van der Waals surface area contributed by atoms with E-state index in [1.54, 1.807) is 0 Å². The molecule has 164 valence electrons. The van der Waals surface area contributed by atoms with E-state index in [0.29, 0.717) is 24.0 Å². The maximum absolute atomic E-state index is 14.4. The molecule has 0 saturated heterocycles. The zero-order valence-corrected chi connectivity index (χ0v) is 17.0. The van der Waals surface area contributed by atoms with Crippen molar-refractivity contribution < 1.29 is 26.0 Å². The first kappa shape index (κ1) is 21.3. The molecule has 0 spiro atoms. The van der Waals surface area contributed by atoms with Gasteiger partial charge in [0.25, 0.3) is 10.0 Å². The van der Waals surface area contributed by atoms with Crippen molar-refractivity contribution in [3.05, 3.63) is 59.7 Å². The van der Waals surface area contributed by atoms with Crippen molar-refractivity contribution in [2.45, 2.75) is 43.3 Å². The van der Waals surface area contributed by atoms with E-state index in [0.717, 1.165) is 55.8 Å². The molecule has 31 heavy (non-hydrogen) atoms. The fourth-order valence-electron chi connectivity index (χ4n) is 3.48. The highest BCUT2D eigenvalue weighted by molar-refractivity contribution is 7.92. The third-order valence-corrected chi connectivity index (χ3v) is 6.41. The molecule has 4 rings (SSSR count). The van der Waals surface area contributed by atoms with Crippen LogP contribution in [0.5, 0.6) is 0 Å². The Morgan fingerprint density at radius 2 is 1.81 bits per heavy atom. The summed E-state index contributed by atoms with van der Waals surface area (Å²) in [7, 11) is -4.46. The molecule has 2 heterocycles. The molecule has 3 aromatic rings. The number of aryl methyl sites for hydroxylation is 1. The predicted molar refractivity (Wildman–Crippen MR) is 105 cm³/mol. The number of nitrogens with zero attached hydrogens (tertiary/aromatic N) is 3. The van der Waals surface area contributed by atoms with Gasteiger partial charge in [0.05, 0.1) is 16.1 Å². The van der Waals surface area contributed by atoms with Crippen molar-refractivity contribution in [3.63, 3.8) is 0 Å². The molecule has 1 aliphatic rings. The number of alkyl halides is 3. The molecule has 1 N–H and O–H groups in total. The van der Waals surface area contributed by atoms with Gasteiger partial charge in [-0.05, 0) is 49.2 Å². The molecule has 0 fully saturated rings. The second-order valence-corrected chi connectivity index (χ2v) is 8.91. The maximum atomic E-state index is 14.4. The number of fused-ring (bicyclic) bond motifs is 1. The average Bonchev–Trinajstić information content (AvgIpc) is 2.97. The summed E-state index contributed by atoms with van der Waals surface area (Å²) >= 11 is 0. The van der Waals surface area contributed by atoms with Gasteiger partial charge in [-0.25, -0.2) is 12.8 Å². The third-order valence-electron chi connectivity index (χ3n) is 5.05. The Morgan fingerprint density at radius 3 is 2.58 bits per heavy atom. The Balaban J connectivity index is 1.68. The lowest BCUT2D eigenvalue weighted by molar-refractivity contribution is -0.137. The largest absolute Gasteiger partial charge is 0.416 e. The Hall–Kier alpha value is -2.95. The second-order valence-electron chi connectivity index (χ2n) is 7.23. The van der Waals surface area contributed by atoms with Gasteiger partial charge in [-0.1, -0.05) is 12.5 Å². The lowest BCUT2D eigenvalue weighted by Gasteiger charge is -2.13. The molecule has 1 aromatic heterocycles. The maximum Gasteiger partial charge on any atom is 0.416 e. The molecular weight excluding hydrogens is 436 g/mol. The van der Waals surface area contributed by atoms with Crippen molar-refractivity contribution >= 4 is 15.7 Å². The highest BCUT2D eigenvalue weighted by atomic mass is 32.2. The monoisotopic (exact) mass is 454 g/mol. The minimum Gasteiger partial charge on any atom is -0.311 e. The number of halogens is 4. The molecule has 0 unspecified atom stereocenters. The lowest BCUT2D eigenvalue weighted by Crippen LogP contribution is -2.15. The average molecular weight is 454 g/mol. The molecule has 0 saturated carbocycles. The van der Waals surface area contributed by atoms with Crippen molar-refractivity contribution in [3.8, 4) is 11.4 Å². The first-order valence-electron chi connectivity index (χ1n) is 9.57. The van der Waals surface area contributed by atoms with Crippen LogP contribution in [-0.4, -0.2) is 23.2 Å². The first-order chi connectivity index (χ1) is 14.6. The Kier molecular flexibility index (Phi) is 5.46. The SMILES string of the molecule is O=S(=O)(Nc1cc(-c2nnc3n2CCCCC3)ccc1F)c1cccc(C(F)(F)F)c1. The minimum atomic E-state index is -4.71. The van der Waals surface area contributed by atoms with Crippen LogP contribution in [0.4, 0.5) is 23.2 Å². The van der Waals surface area contributed by atoms with E-state index in [1.165, 1.54) is 12.1 Å². The van der Waals surface area contributed by atoms with E-state index in [4.69, 9.17) is 0 Å². The van der Waals surface area contributed by atoms with Crippen LogP contribution in [0.15, 0.2) is 47.4 Å². The number of hydrogen-bond acceptors (Lipinski definition) is 4. The first-order valence-corrected chi connectivity index (χ1v) is 11.1. The number of hydrogen-bond donors (Lipinski definition) is 1. The van der Waals surface area contributed by atoms with Gasteiger partial charge in [-0.15, -0.1) is 10.2 Å². The summed E-state index contributed by atoms with van der Waals surface area (Å²) in [5.41, 5.74) is -1.06. The zero-order valence-electron chi connectivity index (χ0n) is 16.2. The van der Waals surface area contributed by atoms with Crippen LogP contribution in [-0.2, 0) is 29.2 Å². The van der Waals surface area contributed by atoms with E-state index in [-0.39, 0.29) is 5.69 Å². The highest BCUT2D eigenvalue weighted by Crippen LogP contribution is 2.32. The standard InChI is InChI=1S/C20H18F4N4O2S/c21-16-9-8-13(19-26-25-18-7-2-1-3-10-28(18)19)11-17(16)27-31(29,30)15-6-4-5-14(12-15)20(22,23)24/h4-6,8-9,11-12,27H,1-3,7,10H2. The zero-order chi connectivity index (χ0) is 22.2. The smallest absolute Gasteiger partial charge is 0.311 e. The Morgan fingerprint density at radius 1 is 1.00 bits per heavy atom. The highest BCUT2D eigenvalue weighted by Gasteiger charge is 2.32.